The van der Waals surface area contributed by atoms with E-state index in [0.717, 1.165) is 28.6 Å². The minimum atomic E-state index is -5.29. The van der Waals surface area contributed by atoms with Crippen LogP contribution in [0.3, 0.4) is 0 Å². The van der Waals surface area contributed by atoms with Crippen LogP contribution in [0.4, 0.5) is 5.69 Å². The third kappa shape index (κ3) is 8.00. The van der Waals surface area contributed by atoms with Gasteiger partial charge in [-0.25, -0.2) is 13.0 Å². The van der Waals surface area contributed by atoms with Gasteiger partial charge in [-0.2, -0.15) is 8.42 Å². The van der Waals surface area contributed by atoms with Gasteiger partial charge in [0.15, 0.2) is 12.3 Å². The molecule has 2 N–H and O–H groups in total. The van der Waals surface area contributed by atoms with Gasteiger partial charge in [-0.15, -0.1) is 0 Å². The van der Waals surface area contributed by atoms with Crippen molar-refractivity contribution in [2.24, 2.45) is 0 Å². The molecule has 0 aliphatic heterocycles. The Hall–Kier alpha value is -4.81. The molecular formula is C37H36N2O7S2. The van der Waals surface area contributed by atoms with Crippen molar-refractivity contribution in [3.8, 4) is 5.75 Å². The summed E-state index contributed by atoms with van der Waals surface area (Å²) in [6, 6.07) is 28.7. The second kappa shape index (κ2) is 14.5. The maximum Gasteiger partial charge on any atom is 0.298 e. The van der Waals surface area contributed by atoms with Crippen LogP contribution in [-0.2, 0) is 33.3 Å². The molecule has 9 nitrogen and oxygen atoms in total. The standard InChI is InChI=1S/C37H36N2O7S2/c1-3-38(25-27-11-7-5-8-12-27)31-19-15-29(16-20-31)37(33-23-34(40)36(48(44,45)46)24-35(33)47(41,42)43)30-17-21-32(22-18-30)39(4-2)26-28-13-9-6-10-14-28/h5-24H,3-4,25-26H2,1-2H3,(H2-,40,41,42,43,44,45,46). The summed E-state index contributed by atoms with van der Waals surface area (Å²) in [7, 11) is -10.3. The molecule has 0 aromatic heterocycles. The molecule has 0 amide bonds. The topological polar surface area (TPSA) is 138 Å². The maximum atomic E-state index is 12.6. The van der Waals surface area contributed by atoms with E-state index in [0.29, 0.717) is 43.4 Å². The van der Waals surface area contributed by atoms with Crippen LogP contribution in [0.5, 0.6) is 5.75 Å². The summed E-state index contributed by atoms with van der Waals surface area (Å²) in [6.45, 7) is 6.83. The Morgan fingerprint density at radius 2 is 1.35 bits per heavy atom. The van der Waals surface area contributed by atoms with Crippen LogP contribution in [0.25, 0.3) is 5.57 Å². The van der Waals surface area contributed by atoms with E-state index in [-0.39, 0.29) is 11.1 Å². The van der Waals surface area contributed by atoms with Crippen molar-refractivity contribution in [1.29, 1.82) is 0 Å². The van der Waals surface area contributed by atoms with Crippen LogP contribution in [0, 0.1) is 0 Å². The SMILES string of the molecule is CCN(Cc1ccccc1)c1ccc(C(=C2C=CC(=[N+](CC)Cc3ccccc3)C=C2)c2cc(O)c(S(=O)(=O)O)cc2S(=O)(=O)[O-])cc1. The zero-order valence-electron chi connectivity index (χ0n) is 26.5. The fraction of sp³-hybridized carbons (Fsp3) is 0.162. The summed E-state index contributed by atoms with van der Waals surface area (Å²) in [5.41, 5.74) is 5.17. The monoisotopic (exact) mass is 684 g/mol. The average Bonchev–Trinajstić information content (AvgIpc) is 3.07. The Morgan fingerprint density at radius 1 is 0.771 bits per heavy atom. The quantitative estimate of drug-likeness (QED) is 0.141. The van der Waals surface area contributed by atoms with E-state index in [1.165, 1.54) is 0 Å². The maximum absolute atomic E-state index is 12.6. The summed E-state index contributed by atoms with van der Waals surface area (Å²) >= 11 is 0. The smallest absolute Gasteiger partial charge is 0.298 e. The van der Waals surface area contributed by atoms with Crippen LogP contribution < -0.4 is 4.90 Å². The Bertz CT molecular complexity index is 2120. The molecule has 1 aliphatic carbocycles. The largest absolute Gasteiger partial charge is 0.744 e. The number of rotatable bonds is 11. The summed E-state index contributed by atoms with van der Waals surface area (Å²) < 4.78 is 73.5. The van der Waals surface area contributed by atoms with Crippen molar-refractivity contribution in [3.05, 3.63) is 149 Å². The molecular weight excluding hydrogens is 649 g/mol. The van der Waals surface area contributed by atoms with E-state index in [9.17, 15) is 31.0 Å². The Kier molecular flexibility index (Phi) is 10.4. The number of aromatic hydroxyl groups is 1. The molecule has 4 aromatic rings. The first-order chi connectivity index (χ1) is 22.9. The summed E-state index contributed by atoms with van der Waals surface area (Å²) in [4.78, 5) is 0.194. The van der Waals surface area contributed by atoms with Crippen LogP contribution in [0.1, 0.15) is 36.1 Å². The number of hydrogen-bond donors (Lipinski definition) is 2. The van der Waals surface area contributed by atoms with E-state index >= 15 is 0 Å². The molecule has 0 radical (unpaired) electrons. The third-order valence-electron chi connectivity index (χ3n) is 8.12. The van der Waals surface area contributed by atoms with Gasteiger partial charge in [-0.3, -0.25) is 4.55 Å². The molecule has 0 heterocycles. The molecule has 11 heteroatoms. The lowest BCUT2D eigenvalue weighted by atomic mass is 9.90. The highest BCUT2D eigenvalue weighted by atomic mass is 32.2. The zero-order valence-corrected chi connectivity index (χ0v) is 28.2. The van der Waals surface area contributed by atoms with Gasteiger partial charge in [0, 0.05) is 42.1 Å². The minimum Gasteiger partial charge on any atom is -0.744 e. The average molecular weight is 685 g/mol. The van der Waals surface area contributed by atoms with Gasteiger partial charge in [0.2, 0.25) is 0 Å². The highest BCUT2D eigenvalue weighted by Crippen LogP contribution is 2.39. The minimum absolute atomic E-state index is 0.205. The van der Waals surface area contributed by atoms with Crippen molar-refractivity contribution in [2.75, 3.05) is 18.0 Å². The fourth-order valence-electron chi connectivity index (χ4n) is 5.69. The summed E-state index contributed by atoms with van der Waals surface area (Å²) in [5.74, 6) is -0.898. The van der Waals surface area contributed by atoms with Gasteiger partial charge in [0.05, 0.1) is 4.90 Å². The van der Waals surface area contributed by atoms with Gasteiger partial charge in [0.1, 0.15) is 27.3 Å². The molecule has 0 bridgehead atoms. The molecule has 0 spiro atoms. The van der Waals surface area contributed by atoms with Crippen LogP contribution >= 0.6 is 0 Å². The Morgan fingerprint density at radius 3 is 1.88 bits per heavy atom. The molecule has 48 heavy (non-hydrogen) atoms. The van der Waals surface area contributed by atoms with Gasteiger partial charge in [0.25, 0.3) is 10.1 Å². The Labute approximate surface area is 281 Å². The predicted octanol–water partition coefficient (Wildman–Crippen LogP) is 6.17. The number of hydrogen-bond acceptors (Lipinski definition) is 7. The first-order valence-electron chi connectivity index (χ1n) is 15.4. The van der Waals surface area contributed by atoms with Gasteiger partial charge < -0.3 is 14.6 Å². The number of benzene rings is 4. The molecule has 0 fully saturated rings. The molecule has 5 rings (SSSR count). The van der Waals surface area contributed by atoms with E-state index in [1.807, 2.05) is 98.8 Å². The van der Waals surface area contributed by atoms with E-state index in [1.54, 1.807) is 24.3 Å². The van der Waals surface area contributed by atoms with Gasteiger partial charge in [-0.05, 0) is 72.5 Å². The lowest BCUT2D eigenvalue weighted by Gasteiger charge is -2.24. The highest BCUT2D eigenvalue weighted by Gasteiger charge is 2.25. The predicted molar refractivity (Wildman–Crippen MR) is 186 cm³/mol. The van der Waals surface area contributed by atoms with Crippen molar-refractivity contribution in [3.63, 3.8) is 0 Å². The Balaban J connectivity index is 1.66. The van der Waals surface area contributed by atoms with E-state index in [2.05, 4.69) is 9.48 Å². The van der Waals surface area contributed by atoms with E-state index < -0.39 is 35.8 Å². The van der Waals surface area contributed by atoms with E-state index in [4.69, 9.17) is 0 Å². The first kappa shape index (κ1) is 34.5. The molecule has 0 saturated heterocycles. The molecule has 0 atom stereocenters. The summed E-state index contributed by atoms with van der Waals surface area (Å²) in [5, 5.41) is 10.7. The third-order valence-corrected chi connectivity index (χ3v) is 9.88. The number of phenols is 1. The molecule has 1 aliphatic rings. The van der Waals surface area contributed by atoms with Crippen molar-refractivity contribution in [2.45, 2.75) is 36.7 Å². The zero-order chi connectivity index (χ0) is 34.5. The van der Waals surface area contributed by atoms with Gasteiger partial charge in [-0.1, -0.05) is 72.8 Å². The van der Waals surface area contributed by atoms with Gasteiger partial charge >= 0.3 is 0 Å². The number of allylic oxidation sites excluding steroid dienone is 5. The van der Waals surface area contributed by atoms with Crippen LogP contribution in [0.2, 0.25) is 0 Å². The number of phenolic OH excluding ortho intramolecular Hbond substituents is 1. The lowest BCUT2D eigenvalue weighted by molar-refractivity contribution is -0.539. The highest BCUT2D eigenvalue weighted by molar-refractivity contribution is 7.86. The van der Waals surface area contributed by atoms with Crippen molar-refractivity contribution < 1.29 is 35.6 Å². The van der Waals surface area contributed by atoms with Crippen LogP contribution in [-0.4, -0.2) is 54.4 Å². The van der Waals surface area contributed by atoms with Crippen LogP contribution in [0.15, 0.2) is 137 Å². The number of nitrogens with zero attached hydrogens (tertiary/aromatic N) is 2. The fourth-order valence-corrected chi connectivity index (χ4v) is 7.05. The lowest BCUT2D eigenvalue weighted by Crippen LogP contribution is -2.21. The van der Waals surface area contributed by atoms with Crippen molar-refractivity contribution in [1.82, 2.24) is 0 Å². The first-order valence-corrected chi connectivity index (χ1v) is 18.2. The molecule has 0 saturated carbocycles. The second-order valence-electron chi connectivity index (χ2n) is 11.2. The second-order valence-corrected chi connectivity index (χ2v) is 14.0. The number of anilines is 1. The molecule has 4 aromatic carbocycles. The normalized spacial score (nSPS) is 13.1. The molecule has 0 unspecified atom stereocenters. The summed E-state index contributed by atoms with van der Waals surface area (Å²) in [6.07, 6.45) is 7.34. The molecule has 248 valence electrons. The van der Waals surface area contributed by atoms with Crippen molar-refractivity contribution >= 4 is 37.2 Å².